The molecular weight excluding hydrogens is 158 g/mol. The molecule has 0 spiro atoms. The van der Waals surface area contributed by atoms with Crippen LogP contribution in [-0.2, 0) is 0 Å². The zero-order valence-electron chi connectivity index (χ0n) is 9.10. The van der Waals surface area contributed by atoms with Gasteiger partial charge in [0.2, 0.25) is 0 Å². The van der Waals surface area contributed by atoms with Crippen LogP contribution in [0.4, 0.5) is 0 Å². The van der Waals surface area contributed by atoms with Crippen molar-refractivity contribution in [2.75, 3.05) is 0 Å². The first kappa shape index (κ1) is 12.5. The highest BCUT2D eigenvalue weighted by atomic mass is 14.6. The normalized spacial score (nSPS) is 11.9. The molecule has 1 nitrogen and oxygen atoms in total. The van der Waals surface area contributed by atoms with Gasteiger partial charge >= 0.3 is 0 Å². The van der Waals surface area contributed by atoms with Crippen molar-refractivity contribution in [3.63, 3.8) is 0 Å². The van der Waals surface area contributed by atoms with Gasteiger partial charge in [0.15, 0.2) is 0 Å². The van der Waals surface area contributed by atoms with E-state index in [1.54, 1.807) is 0 Å². The van der Waals surface area contributed by atoms with Crippen LogP contribution in [0.5, 0.6) is 0 Å². The number of rotatable bonds is 7. The molecule has 1 heteroatoms. The van der Waals surface area contributed by atoms with Crippen LogP contribution in [0.3, 0.4) is 0 Å². The van der Waals surface area contributed by atoms with Gasteiger partial charge in [0.1, 0.15) is 0 Å². The first-order valence-electron chi connectivity index (χ1n) is 5.46. The molecule has 0 aliphatic rings. The Morgan fingerprint density at radius 1 is 1.15 bits per heavy atom. The van der Waals surface area contributed by atoms with Crippen LogP contribution < -0.4 is 5.73 Å². The molecular formula is C12H23N. The van der Waals surface area contributed by atoms with Crippen molar-refractivity contribution >= 4 is 0 Å². The maximum absolute atomic E-state index is 5.93. The van der Waals surface area contributed by atoms with Crippen LogP contribution in [0.25, 0.3) is 0 Å². The van der Waals surface area contributed by atoms with E-state index >= 15 is 0 Å². The monoisotopic (exact) mass is 181 g/mol. The smallest absolute Gasteiger partial charge is 0.0103 e. The van der Waals surface area contributed by atoms with Crippen LogP contribution in [0, 0.1) is 11.8 Å². The third kappa shape index (κ3) is 9.43. The lowest BCUT2D eigenvalue weighted by Crippen LogP contribution is -2.19. The Hall–Kier alpha value is -0.480. The molecule has 0 bridgehead atoms. The molecule has 0 aliphatic carbocycles. The van der Waals surface area contributed by atoms with Gasteiger partial charge in [0, 0.05) is 12.5 Å². The lowest BCUT2D eigenvalue weighted by Gasteiger charge is -2.08. The predicted molar refractivity (Wildman–Crippen MR) is 59.4 cm³/mol. The van der Waals surface area contributed by atoms with Gasteiger partial charge in [-0.05, 0) is 19.8 Å². The fraction of sp³-hybridized carbons (Fsp3) is 0.833. The summed E-state index contributed by atoms with van der Waals surface area (Å²) in [6.45, 7) is 4.11. The van der Waals surface area contributed by atoms with E-state index in [4.69, 9.17) is 5.73 Å². The molecule has 0 aromatic carbocycles. The molecule has 0 radical (unpaired) electrons. The van der Waals surface area contributed by atoms with Crippen LogP contribution in [0.15, 0.2) is 0 Å². The molecule has 0 fully saturated rings. The molecule has 0 saturated heterocycles. The van der Waals surface area contributed by atoms with Crippen LogP contribution in [0.1, 0.15) is 58.8 Å². The van der Waals surface area contributed by atoms with E-state index in [9.17, 15) is 0 Å². The van der Waals surface area contributed by atoms with Crippen molar-refractivity contribution in [1.82, 2.24) is 0 Å². The van der Waals surface area contributed by atoms with E-state index < -0.39 is 0 Å². The first-order chi connectivity index (χ1) is 6.31. The summed E-state index contributed by atoms with van der Waals surface area (Å²) in [5.74, 6) is 5.94. The summed E-state index contributed by atoms with van der Waals surface area (Å²) in [5, 5.41) is 0. The Balaban J connectivity index is 3.18. The average molecular weight is 181 g/mol. The van der Waals surface area contributed by atoms with Crippen LogP contribution in [-0.4, -0.2) is 6.04 Å². The van der Waals surface area contributed by atoms with Gasteiger partial charge in [-0.25, -0.2) is 0 Å². The molecule has 76 valence electrons. The molecule has 0 aliphatic heterocycles. The van der Waals surface area contributed by atoms with Gasteiger partial charge in [-0.3, -0.25) is 0 Å². The quantitative estimate of drug-likeness (QED) is 0.474. The van der Waals surface area contributed by atoms with Gasteiger partial charge in [0.05, 0.1) is 0 Å². The number of hydrogen-bond donors (Lipinski definition) is 1. The van der Waals surface area contributed by atoms with Crippen molar-refractivity contribution < 1.29 is 0 Å². The molecule has 0 saturated carbocycles. The number of unbranched alkanes of at least 4 members (excludes halogenated alkanes) is 3. The van der Waals surface area contributed by atoms with Gasteiger partial charge in [-0.2, -0.15) is 0 Å². The van der Waals surface area contributed by atoms with Crippen molar-refractivity contribution in [3.05, 3.63) is 0 Å². The highest BCUT2D eigenvalue weighted by Crippen LogP contribution is 2.07. The zero-order chi connectivity index (χ0) is 9.94. The maximum atomic E-state index is 5.93. The lowest BCUT2D eigenvalue weighted by atomic mass is 10.0. The Kier molecular flexibility index (Phi) is 9.25. The molecule has 13 heavy (non-hydrogen) atoms. The number of hydrogen-bond acceptors (Lipinski definition) is 1. The third-order valence-corrected chi connectivity index (χ3v) is 2.25. The molecule has 1 atom stereocenters. The highest BCUT2D eigenvalue weighted by Gasteiger charge is 2.00. The molecule has 1 unspecified atom stereocenters. The minimum absolute atomic E-state index is 0.373. The zero-order valence-corrected chi connectivity index (χ0v) is 9.10. The summed E-state index contributed by atoms with van der Waals surface area (Å²) in [4.78, 5) is 0. The minimum Gasteiger partial charge on any atom is -0.328 e. The SMILES string of the molecule is CC#CCCC(N)CCCCCC. The molecule has 0 amide bonds. The third-order valence-electron chi connectivity index (χ3n) is 2.25. The highest BCUT2D eigenvalue weighted by molar-refractivity contribution is 4.95. The molecule has 2 N–H and O–H groups in total. The second kappa shape index (κ2) is 9.61. The van der Waals surface area contributed by atoms with E-state index in [0.29, 0.717) is 6.04 Å². The Morgan fingerprint density at radius 2 is 1.92 bits per heavy atom. The van der Waals surface area contributed by atoms with Crippen molar-refractivity contribution in [2.24, 2.45) is 5.73 Å². The van der Waals surface area contributed by atoms with Gasteiger partial charge in [-0.1, -0.05) is 32.6 Å². The van der Waals surface area contributed by atoms with E-state index in [-0.39, 0.29) is 0 Å². The fourth-order valence-corrected chi connectivity index (χ4v) is 1.36. The standard InChI is InChI=1S/C12H23N/c1-3-5-7-9-11-12(13)10-8-6-4-2/h12H,3,5,7-11,13H2,1-2H3. The average Bonchev–Trinajstić information content (AvgIpc) is 2.13. The Labute approximate surface area is 83.1 Å². The summed E-state index contributed by atoms with van der Waals surface area (Å²) in [5.41, 5.74) is 5.93. The maximum Gasteiger partial charge on any atom is 0.0103 e. The first-order valence-corrected chi connectivity index (χ1v) is 5.46. The summed E-state index contributed by atoms with van der Waals surface area (Å²) in [6.07, 6.45) is 8.47. The lowest BCUT2D eigenvalue weighted by molar-refractivity contribution is 0.527. The van der Waals surface area contributed by atoms with Crippen molar-refractivity contribution in [3.8, 4) is 11.8 Å². The van der Waals surface area contributed by atoms with E-state index in [0.717, 1.165) is 12.8 Å². The van der Waals surface area contributed by atoms with Gasteiger partial charge < -0.3 is 5.73 Å². The Bertz CT molecular complexity index is 152. The van der Waals surface area contributed by atoms with Gasteiger partial charge in [0.25, 0.3) is 0 Å². The second-order valence-electron chi connectivity index (χ2n) is 3.57. The number of nitrogens with two attached hydrogens (primary N) is 1. The molecule has 0 heterocycles. The van der Waals surface area contributed by atoms with Crippen LogP contribution in [0.2, 0.25) is 0 Å². The van der Waals surface area contributed by atoms with E-state index in [1.807, 2.05) is 6.92 Å². The second-order valence-corrected chi connectivity index (χ2v) is 3.57. The summed E-state index contributed by atoms with van der Waals surface area (Å²) < 4.78 is 0. The summed E-state index contributed by atoms with van der Waals surface area (Å²) in [7, 11) is 0. The van der Waals surface area contributed by atoms with Gasteiger partial charge in [-0.15, -0.1) is 11.8 Å². The topological polar surface area (TPSA) is 26.0 Å². The minimum atomic E-state index is 0.373. The van der Waals surface area contributed by atoms with Crippen molar-refractivity contribution in [1.29, 1.82) is 0 Å². The largest absolute Gasteiger partial charge is 0.328 e. The molecule has 0 rings (SSSR count). The van der Waals surface area contributed by atoms with Crippen molar-refractivity contribution in [2.45, 2.75) is 64.8 Å². The Morgan fingerprint density at radius 3 is 2.54 bits per heavy atom. The fourth-order valence-electron chi connectivity index (χ4n) is 1.36. The molecule has 0 aromatic rings. The van der Waals surface area contributed by atoms with E-state index in [1.165, 1.54) is 32.1 Å². The summed E-state index contributed by atoms with van der Waals surface area (Å²) in [6, 6.07) is 0.373. The molecule has 0 aromatic heterocycles. The predicted octanol–water partition coefficient (Wildman–Crippen LogP) is 3.09. The summed E-state index contributed by atoms with van der Waals surface area (Å²) >= 11 is 0. The van der Waals surface area contributed by atoms with Crippen LogP contribution >= 0.6 is 0 Å². The van der Waals surface area contributed by atoms with E-state index in [2.05, 4.69) is 18.8 Å².